The molecule has 38 heavy (non-hydrogen) atoms. The fourth-order valence-corrected chi connectivity index (χ4v) is 8.69. The van der Waals surface area contributed by atoms with Crippen LogP contribution in [0.4, 0.5) is 0 Å². The van der Waals surface area contributed by atoms with Crippen molar-refractivity contribution in [1.82, 2.24) is 0 Å². The molecule has 0 aromatic heterocycles. The first-order chi connectivity index (χ1) is 18.1. The molecule has 0 spiro atoms. The van der Waals surface area contributed by atoms with Gasteiger partial charge < -0.3 is 29.5 Å². The number of ketones is 1. The molecule has 4 aliphatic rings. The minimum atomic E-state index is -0.676. The summed E-state index contributed by atoms with van der Waals surface area (Å²) in [7, 11) is 4.71. The molecule has 208 valence electrons. The molecule has 7 heteroatoms. The topological polar surface area (TPSA) is 105 Å². The molecule has 0 radical (unpaired) electrons. The summed E-state index contributed by atoms with van der Waals surface area (Å²) in [5.74, 6) is 1.45. The lowest BCUT2D eigenvalue weighted by Crippen LogP contribution is -2.60. The Hall–Kier alpha value is -2.35. The average Bonchev–Trinajstić information content (AvgIpc) is 3.23. The van der Waals surface area contributed by atoms with Crippen LogP contribution in [-0.2, 0) is 4.79 Å². The molecule has 4 aliphatic carbocycles. The van der Waals surface area contributed by atoms with Crippen molar-refractivity contribution in [2.24, 2.45) is 34.5 Å². The van der Waals surface area contributed by atoms with Crippen molar-refractivity contribution in [2.75, 3.05) is 21.3 Å². The molecule has 0 saturated heterocycles. The summed E-state index contributed by atoms with van der Waals surface area (Å²) in [6.07, 6.45) is 7.86. The zero-order chi connectivity index (χ0) is 27.4. The van der Waals surface area contributed by atoms with Gasteiger partial charge in [-0.3, -0.25) is 4.79 Å². The highest BCUT2D eigenvalue weighted by atomic mass is 16.5. The summed E-state index contributed by atoms with van der Waals surface area (Å²) < 4.78 is 16.4. The number of rotatable bonds is 6. The number of ether oxygens (including phenoxy) is 3. The molecule has 0 aliphatic heterocycles. The van der Waals surface area contributed by atoms with Crippen molar-refractivity contribution < 1.29 is 34.3 Å². The van der Waals surface area contributed by atoms with Gasteiger partial charge in [0.15, 0.2) is 5.78 Å². The molecule has 3 saturated carbocycles. The summed E-state index contributed by atoms with van der Waals surface area (Å²) in [5, 5.41) is 33.2. The van der Waals surface area contributed by atoms with Gasteiger partial charge in [0, 0.05) is 18.1 Å². The molecular weight excluding hydrogens is 484 g/mol. The molecule has 1 aromatic carbocycles. The maximum atomic E-state index is 13.7. The predicted molar refractivity (Wildman–Crippen MR) is 144 cm³/mol. The highest BCUT2D eigenvalue weighted by Gasteiger charge is 2.64. The van der Waals surface area contributed by atoms with E-state index in [1.807, 2.05) is 6.08 Å². The minimum Gasteiger partial charge on any atom is -0.496 e. The third-order valence-electron chi connectivity index (χ3n) is 10.6. The van der Waals surface area contributed by atoms with Crippen molar-refractivity contribution in [2.45, 2.75) is 70.7 Å². The smallest absolute Gasteiger partial charge is 0.159 e. The Labute approximate surface area is 225 Å². The van der Waals surface area contributed by atoms with Crippen molar-refractivity contribution in [3.05, 3.63) is 35.4 Å². The van der Waals surface area contributed by atoms with Gasteiger partial charge in [0.25, 0.3) is 0 Å². The molecule has 1 aromatic rings. The zero-order valence-electron chi connectivity index (χ0n) is 23.1. The third kappa shape index (κ3) is 4.18. The molecule has 3 fully saturated rings. The standard InChI is InChI=1S/C31H42O7/c1-30-11-10-18(32)12-17(30)13-24(34)28-22-8-7-21(31(22,2)16-25(35)29(28)30)23(33)9-6-20-26(37-4)14-19(36-3)15-27(20)38-5/h6,9,13-15,18,21-22,24-25,28-29,32,34-35H,7-8,10-12,16H2,1-5H3/b9-6+/t18-,21+,22-,24+,25+,28+,29-,30-,31+/m0/s1. The van der Waals surface area contributed by atoms with Crippen LogP contribution >= 0.6 is 0 Å². The van der Waals surface area contributed by atoms with Crippen LogP contribution in [0.15, 0.2) is 29.9 Å². The van der Waals surface area contributed by atoms with Gasteiger partial charge in [-0.2, -0.15) is 0 Å². The van der Waals surface area contributed by atoms with Crippen molar-refractivity contribution in [3.63, 3.8) is 0 Å². The molecule has 0 unspecified atom stereocenters. The van der Waals surface area contributed by atoms with Crippen LogP contribution in [0, 0.1) is 34.5 Å². The summed E-state index contributed by atoms with van der Waals surface area (Å²) in [6.45, 7) is 4.34. The van der Waals surface area contributed by atoms with E-state index in [-0.39, 0.29) is 41.0 Å². The number of hydrogen-bond donors (Lipinski definition) is 3. The quantitative estimate of drug-likeness (QED) is 0.377. The van der Waals surface area contributed by atoms with Crippen LogP contribution in [-0.4, -0.2) is 60.7 Å². The maximum absolute atomic E-state index is 13.7. The molecule has 0 bridgehead atoms. The van der Waals surface area contributed by atoms with Gasteiger partial charge in [-0.1, -0.05) is 25.5 Å². The number of allylic oxidation sites excluding steroid dienone is 1. The second-order valence-electron chi connectivity index (χ2n) is 12.3. The van der Waals surface area contributed by atoms with E-state index in [0.717, 1.165) is 24.8 Å². The van der Waals surface area contributed by atoms with Gasteiger partial charge in [0.05, 0.1) is 45.2 Å². The van der Waals surface area contributed by atoms with Crippen LogP contribution in [0.2, 0.25) is 0 Å². The van der Waals surface area contributed by atoms with E-state index in [4.69, 9.17) is 14.2 Å². The Kier molecular flexibility index (Phi) is 7.16. The first-order valence-electron chi connectivity index (χ1n) is 13.8. The SMILES string of the molecule is COc1cc(OC)c(/C=C/C(=O)[C@H]2CC[C@H]3[C@H]4[C@H]([C@H](O)C[C@]23C)[C@@]2(C)CC[C@H](O)CC2=C[C@H]4O)c(OC)c1. The lowest BCUT2D eigenvalue weighted by atomic mass is 9.45. The molecule has 9 atom stereocenters. The van der Waals surface area contributed by atoms with Crippen LogP contribution in [0.1, 0.15) is 57.9 Å². The van der Waals surface area contributed by atoms with Gasteiger partial charge in [-0.25, -0.2) is 0 Å². The number of aliphatic hydroxyl groups is 3. The van der Waals surface area contributed by atoms with Crippen LogP contribution in [0.3, 0.4) is 0 Å². The number of aliphatic hydroxyl groups excluding tert-OH is 3. The highest BCUT2D eigenvalue weighted by Crippen LogP contribution is 2.66. The Morgan fingerprint density at radius 2 is 1.68 bits per heavy atom. The Bertz CT molecular complexity index is 1120. The molecular formula is C31H42O7. The van der Waals surface area contributed by atoms with E-state index in [2.05, 4.69) is 13.8 Å². The van der Waals surface area contributed by atoms with Crippen LogP contribution < -0.4 is 14.2 Å². The maximum Gasteiger partial charge on any atom is 0.159 e. The minimum absolute atomic E-state index is 0.0223. The molecule has 0 amide bonds. The second-order valence-corrected chi connectivity index (χ2v) is 12.3. The largest absolute Gasteiger partial charge is 0.496 e. The van der Waals surface area contributed by atoms with Gasteiger partial charge in [-0.15, -0.1) is 0 Å². The summed E-state index contributed by atoms with van der Waals surface area (Å²) >= 11 is 0. The number of carbonyl (C=O) groups excluding carboxylic acids is 1. The summed E-state index contributed by atoms with van der Waals surface area (Å²) in [4.78, 5) is 13.7. The fraction of sp³-hybridized carbons (Fsp3) is 0.645. The van der Waals surface area contributed by atoms with E-state index < -0.39 is 17.6 Å². The monoisotopic (exact) mass is 526 g/mol. The number of carbonyl (C=O) groups is 1. The first-order valence-corrected chi connectivity index (χ1v) is 13.8. The normalized spacial score (nSPS) is 40.1. The number of fused-ring (bicyclic) bond motifs is 5. The highest BCUT2D eigenvalue weighted by molar-refractivity contribution is 5.97. The van der Waals surface area contributed by atoms with Gasteiger partial charge >= 0.3 is 0 Å². The lowest BCUT2D eigenvalue weighted by Gasteiger charge is -2.60. The van der Waals surface area contributed by atoms with E-state index in [1.54, 1.807) is 45.6 Å². The van der Waals surface area contributed by atoms with Crippen LogP contribution in [0.5, 0.6) is 17.2 Å². The lowest BCUT2D eigenvalue weighted by molar-refractivity contribution is -0.156. The van der Waals surface area contributed by atoms with Crippen molar-refractivity contribution in [1.29, 1.82) is 0 Å². The fourth-order valence-electron chi connectivity index (χ4n) is 8.69. The van der Waals surface area contributed by atoms with Crippen molar-refractivity contribution >= 4 is 11.9 Å². The summed E-state index contributed by atoms with van der Waals surface area (Å²) in [5.41, 5.74) is 1.12. The Morgan fingerprint density at radius 3 is 2.32 bits per heavy atom. The predicted octanol–water partition coefficient (Wildman–Crippen LogP) is 4.18. The summed E-state index contributed by atoms with van der Waals surface area (Å²) in [6, 6.07) is 3.52. The Balaban J connectivity index is 1.43. The van der Waals surface area contributed by atoms with E-state index in [9.17, 15) is 20.1 Å². The average molecular weight is 527 g/mol. The third-order valence-corrected chi connectivity index (χ3v) is 10.6. The van der Waals surface area contributed by atoms with E-state index >= 15 is 0 Å². The molecule has 0 heterocycles. The van der Waals surface area contributed by atoms with E-state index in [0.29, 0.717) is 42.1 Å². The Morgan fingerprint density at radius 1 is 1.00 bits per heavy atom. The first kappa shape index (κ1) is 27.2. The second kappa shape index (κ2) is 10.00. The van der Waals surface area contributed by atoms with Crippen LogP contribution in [0.25, 0.3) is 6.08 Å². The molecule has 7 nitrogen and oxygen atoms in total. The number of methoxy groups -OCH3 is 3. The van der Waals surface area contributed by atoms with Gasteiger partial charge in [0.2, 0.25) is 0 Å². The van der Waals surface area contributed by atoms with Crippen molar-refractivity contribution in [3.8, 4) is 17.2 Å². The molecule has 3 N–H and O–H groups in total. The molecule has 5 rings (SSSR count). The van der Waals surface area contributed by atoms with E-state index in [1.165, 1.54) is 0 Å². The number of benzene rings is 1. The number of hydrogen-bond acceptors (Lipinski definition) is 7. The van der Waals surface area contributed by atoms with Gasteiger partial charge in [-0.05, 0) is 79.3 Å². The zero-order valence-corrected chi connectivity index (χ0v) is 23.1. The van der Waals surface area contributed by atoms with Gasteiger partial charge in [0.1, 0.15) is 17.2 Å².